The van der Waals surface area contributed by atoms with Crippen molar-refractivity contribution in [3.63, 3.8) is 0 Å². The molecule has 0 heterocycles. The van der Waals surface area contributed by atoms with E-state index in [1.807, 2.05) is 0 Å². The molecule has 0 aliphatic heterocycles. The van der Waals surface area contributed by atoms with Gasteiger partial charge in [0.2, 0.25) is 10.0 Å². The first kappa shape index (κ1) is 12.6. The van der Waals surface area contributed by atoms with Crippen LogP contribution in [0.1, 0.15) is 6.92 Å². The van der Waals surface area contributed by atoms with Crippen molar-refractivity contribution in [2.24, 2.45) is 0 Å². The Balaban J connectivity index is 3.00. The average Bonchev–Trinajstić information content (AvgIpc) is 2.28. The molecule has 0 saturated heterocycles. The van der Waals surface area contributed by atoms with E-state index in [1.165, 1.54) is 14.2 Å². The minimum absolute atomic E-state index is 0.0291. The molecule has 5 nitrogen and oxygen atoms in total. The van der Waals surface area contributed by atoms with Crippen LogP contribution < -0.4 is 14.2 Å². The van der Waals surface area contributed by atoms with Crippen LogP contribution in [-0.4, -0.2) is 28.4 Å². The molecule has 1 N–H and O–H groups in total. The van der Waals surface area contributed by atoms with Gasteiger partial charge in [0.05, 0.1) is 25.7 Å². The van der Waals surface area contributed by atoms with Crippen molar-refractivity contribution in [2.45, 2.75) is 6.92 Å². The van der Waals surface area contributed by atoms with Crippen LogP contribution in [0.15, 0.2) is 18.2 Å². The summed E-state index contributed by atoms with van der Waals surface area (Å²) in [4.78, 5) is 0. The lowest BCUT2D eigenvalue weighted by Gasteiger charge is -2.10. The molecule has 0 aromatic heterocycles. The van der Waals surface area contributed by atoms with Crippen molar-refractivity contribution < 1.29 is 17.9 Å². The second-order valence-electron chi connectivity index (χ2n) is 3.08. The molecule has 90 valence electrons. The first-order valence-corrected chi connectivity index (χ1v) is 6.40. The maximum absolute atomic E-state index is 11.3. The highest BCUT2D eigenvalue weighted by Gasteiger charge is 2.09. The normalized spacial score (nSPS) is 10.9. The molecule has 0 spiro atoms. The molecule has 0 bridgehead atoms. The predicted molar refractivity (Wildman–Crippen MR) is 62.6 cm³/mol. The van der Waals surface area contributed by atoms with E-state index in [0.29, 0.717) is 17.2 Å². The smallest absolute Gasteiger partial charge is 0.232 e. The van der Waals surface area contributed by atoms with Gasteiger partial charge in [0.1, 0.15) is 0 Å². The van der Waals surface area contributed by atoms with Gasteiger partial charge in [-0.3, -0.25) is 4.72 Å². The van der Waals surface area contributed by atoms with E-state index < -0.39 is 10.0 Å². The molecule has 0 amide bonds. The van der Waals surface area contributed by atoms with Gasteiger partial charge in [-0.2, -0.15) is 0 Å². The second kappa shape index (κ2) is 5.07. The Morgan fingerprint density at radius 2 is 1.81 bits per heavy atom. The highest BCUT2D eigenvalue weighted by atomic mass is 32.2. The van der Waals surface area contributed by atoms with Crippen molar-refractivity contribution in [3.8, 4) is 11.5 Å². The third-order valence-corrected chi connectivity index (χ3v) is 3.34. The molecule has 1 rings (SSSR count). The number of ether oxygens (including phenoxy) is 2. The summed E-state index contributed by atoms with van der Waals surface area (Å²) in [6, 6.07) is 4.84. The molecule has 1 aromatic carbocycles. The van der Waals surface area contributed by atoms with Crippen molar-refractivity contribution in [1.29, 1.82) is 0 Å². The van der Waals surface area contributed by atoms with Crippen LogP contribution >= 0.6 is 0 Å². The first-order chi connectivity index (χ1) is 7.52. The maximum Gasteiger partial charge on any atom is 0.232 e. The van der Waals surface area contributed by atoms with E-state index >= 15 is 0 Å². The van der Waals surface area contributed by atoms with Gasteiger partial charge in [0, 0.05) is 6.07 Å². The van der Waals surface area contributed by atoms with Crippen molar-refractivity contribution in [2.75, 3.05) is 24.7 Å². The maximum atomic E-state index is 11.3. The third kappa shape index (κ3) is 3.03. The van der Waals surface area contributed by atoms with Crippen LogP contribution in [0.25, 0.3) is 0 Å². The van der Waals surface area contributed by atoms with E-state index in [4.69, 9.17) is 9.47 Å². The molecule has 0 fully saturated rings. The van der Waals surface area contributed by atoms with E-state index in [-0.39, 0.29) is 5.75 Å². The predicted octanol–water partition coefficient (Wildman–Crippen LogP) is 1.47. The molecule has 0 radical (unpaired) electrons. The zero-order valence-corrected chi connectivity index (χ0v) is 10.3. The summed E-state index contributed by atoms with van der Waals surface area (Å²) in [6.45, 7) is 1.57. The summed E-state index contributed by atoms with van der Waals surface area (Å²) in [5.74, 6) is 1.07. The highest BCUT2D eigenvalue weighted by Crippen LogP contribution is 2.29. The van der Waals surface area contributed by atoms with Crippen LogP contribution in [-0.2, 0) is 10.0 Å². The summed E-state index contributed by atoms with van der Waals surface area (Å²) in [5.41, 5.74) is 0.458. The van der Waals surface area contributed by atoms with Crippen molar-refractivity contribution in [3.05, 3.63) is 18.2 Å². The number of hydrogen-bond donors (Lipinski definition) is 1. The van der Waals surface area contributed by atoms with Crippen LogP contribution in [0.2, 0.25) is 0 Å². The molecule has 16 heavy (non-hydrogen) atoms. The van der Waals surface area contributed by atoms with Gasteiger partial charge in [0.15, 0.2) is 11.5 Å². The minimum Gasteiger partial charge on any atom is -0.493 e. The monoisotopic (exact) mass is 245 g/mol. The molecule has 6 heteroatoms. The summed E-state index contributed by atoms with van der Waals surface area (Å²) >= 11 is 0. The van der Waals surface area contributed by atoms with Gasteiger partial charge in [0.25, 0.3) is 0 Å². The number of anilines is 1. The lowest BCUT2D eigenvalue weighted by Crippen LogP contribution is -2.14. The van der Waals surface area contributed by atoms with Crippen molar-refractivity contribution in [1.82, 2.24) is 0 Å². The fourth-order valence-electron chi connectivity index (χ4n) is 1.15. The Hall–Kier alpha value is -1.43. The Labute approximate surface area is 95.4 Å². The lowest BCUT2D eigenvalue weighted by molar-refractivity contribution is 0.355. The fraction of sp³-hybridized carbons (Fsp3) is 0.400. The van der Waals surface area contributed by atoms with Gasteiger partial charge < -0.3 is 9.47 Å². The zero-order valence-electron chi connectivity index (χ0n) is 9.48. The van der Waals surface area contributed by atoms with Crippen LogP contribution in [0.3, 0.4) is 0 Å². The second-order valence-corrected chi connectivity index (χ2v) is 5.09. The van der Waals surface area contributed by atoms with E-state index in [1.54, 1.807) is 25.1 Å². The number of sulfonamides is 1. The standard InChI is InChI=1S/C10H15NO4S/c1-4-16(12,13)11-8-5-6-9(14-2)10(7-8)15-3/h5-7,11H,4H2,1-3H3. The van der Waals surface area contributed by atoms with Gasteiger partial charge in [-0.25, -0.2) is 8.42 Å². The SMILES string of the molecule is CCS(=O)(=O)Nc1ccc(OC)c(OC)c1. The van der Waals surface area contributed by atoms with Gasteiger partial charge >= 0.3 is 0 Å². The van der Waals surface area contributed by atoms with Crippen LogP contribution in [0.4, 0.5) is 5.69 Å². The molecule has 0 atom stereocenters. The topological polar surface area (TPSA) is 64.6 Å². The molecule has 0 aliphatic rings. The molecule has 0 unspecified atom stereocenters. The number of hydrogen-bond acceptors (Lipinski definition) is 4. The van der Waals surface area contributed by atoms with Gasteiger partial charge in [-0.05, 0) is 19.1 Å². The van der Waals surface area contributed by atoms with Gasteiger partial charge in [-0.15, -0.1) is 0 Å². The van der Waals surface area contributed by atoms with E-state index in [2.05, 4.69) is 4.72 Å². The average molecular weight is 245 g/mol. The van der Waals surface area contributed by atoms with Gasteiger partial charge in [-0.1, -0.05) is 0 Å². The van der Waals surface area contributed by atoms with Crippen molar-refractivity contribution >= 4 is 15.7 Å². The Bertz CT molecular complexity index is 456. The number of methoxy groups -OCH3 is 2. The largest absolute Gasteiger partial charge is 0.493 e. The molecule has 1 aromatic rings. The Morgan fingerprint density at radius 3 is 2.31 bits per heavy atom. The van der Waals surface area contributed by atoms with Crippen LogP contribution in [0.5, 0.6) is 11.5 Å². The quantitative estimate of drug-likeness (QED) is 0.853. The fourth-order valence-corrected chi connectivity index (χ4v) is 1.78. The van der Waals surface area contributed by atoms with E-state index in [9.17, 15) is 8.42 Å². The summed E-state index contributed by atoms with van der Waals surface area (Å²) < 4.78 is 35.2. The lowest BCUT2D eigenvalue weighted by atomic mass is 10.3. The Morgan fingerprint density at radius 1 is 1.19 bits per heavy atom. The summed E-state index contributed by atoms with van der Waals surface area (Å²) in [6.07, 6.45) is 0. The first-order valence-electron chi connectivity index (χ1n) is 4.75. The molecule has 0 saturated carbocycles. The number of nitrogens with one attached hydrogen (secondary N) is 1. The van der Waals surface area contributed by atoms with Crippen LogP contribution in [0, 0.1) is 0 Å². The minimum atomic E-state index is -3.26. The van der Waals surface area contributed by atoms with E-state index in [0.717, 1.165) is 0 Å². The number of benzene rings is 1. The summed E-state index contributed by atoms with van der Waals surface area (Å²) in [5, 5.41) is 0. The molecule has 0 aliphatic carbocycles. The molecular formula is C10H15NO4S. The Kier molecular flexibility index (Phi) is 4.00. The molecular weight excluding hydrogens is 230 g/mol. The third-order valence-electron chi connectivity index (χ3n) is 2.04. The summed E-state index contributed by atoms with van der Waals surface area (Å²) in [7, 11) is -0.246. The zero-order chi connectivity index (χ0) is 12.2. The highest BCUT2D eigenvalue weighted by molar-refractivity contribution is 7.92. The number of rotatable bonds is 5.